The van der Waals surface area contributed by atoms with Gasteiger partial charge in [-0.2, -0.15) is 0 Å². The van der Waals surface area contributed by atoms with Crippen LogP contribution in [0.3, 0.4) is 0 Å². The van der Waals surface area contributed by atoms with Crippen LogP contribution in [0.1, 0.15) is 12.0 Å². The van der Waals surface area contributed by atoms with E-state index in [0.29, 0.717) is 17.7 Å². The fraction of sp³-hybridized carbons (Fsp3) is 0.100. The quantitative estimate of drug-likeness (QED) is 0.823. The van der Waals surface area contributed by atoms with Crippen molar-refractivity contribution in [1.82, 2.24) is 0 Å². The number of nitrogens with zero attached hydrogens (tertiary/aromatic N) is 1. The van der Waals surface area contributed by atoms with Gasteiger partial charge in [0, 0.05) is 18.2 Å². The van der Waals surface area contributed by atoms with E-state index in [1.807, 2.05) is 6.08 Å². The van der Waals surface area contributed by atoms with Crippen LogP contribution >= 0.6 is 15.9 Å². The zero-order valence-corrected chi connectivity index (χ0v) is 8.75. The molecule has 0 fully saturated rings. The molecule has 1 N–H and O–H groups in total. The fourth-order valence-electron chi connectivity index (χ4n) is 1.31. The van der Waals surface area contributed by atoms with Gasteiger partial charge in [-0.3, -0.25) is 4.99 Å². The van der Waals surface area contributed by atoms with Gasteiger partial charge in [0.2, 0.25) is 0 Å². The number of phenols is 1. The molecule has 1 aliphatic rings. The molecule has 4 heteroatoms. The Morgan fingerprint density at radius 3 is 2.86 bits per heavy atom. The van der Waals surface area contributed by atoms with E-state index in [2.05, 4.69) is 20.9 Å². The molecule has 0 spiro atoms. The van der Waals surface area contributed by atoms with E-state index < -0.39 is 5.82 Å². The highest BCUT2D eigenvalue weighted by Gasteiger charge is 2.15. The fourth-order valence-corrected chi connectivity index (χ4v) is 1.63. The first-order valence-electron chi connectivity index (χ1n) is 4.09. The molecular weight excluding hydrogens is 249 g/mol. The van der Waals surface area contributed by atoms with Gasteiger partial charge in [0.15, 0.2) is 11.6 Å². The summed E-state index contributed by atoms with van der Waals surface area (Å²) in [5.74, 6) is -0.987. The van der Waals surface area contributed by atoms with E-state index in [4.69, 9.17) is 0 Å². The van der Waals surface area contributed by atoms with Gasteiger partial charge >= 0.3 is 0 Å². The largest absolute Gasteiger partial charge is 0.504 e. The molecule has 1 heterocycles. The van der Waals surface area contributed by atoms with Crippen molar-refractivity contribution in [2.75, 3.05) is 0 Å². The van der Waals surface area contributed by atoms with E-state index in [9.17, 15) is 9.50 Å². The van der Waals surface area contributed by atoms with E-state index in [1.54, 1.807) is 18.3 Å². The van der Waals surface area contributed by atoms with E-state index in [-0.39, 0.29) is 10.2 Å². The zero-order chi connectivity index (χ0) is 10.1. The third-order valence-corrected chi connectivity index (χ3v) is 2.64. The first-order chi connectivity index (χ1) is 6.70. The Bertz CT molecular complexity index is 440. The summed E-state index contributed by atoms with van der Waals surface area (Å²) in [6.45, 7) is 0. The third-order valence-electron chi connectivity index (χ3n) is 2.03. The highest BCUT2D eigenvalue weighted by molar-refractivity contribution is 9.10. The molecule has 0 amide bonds. The van der Waals surface area contributed by atoms with Crippen molar-refractivity contribution in [3.05, 3.63) is 40.3 Å². The highest BCUT2D eigenvalue weighted by atomic mass is 79.9. The van der Waals surface area contributed by atoms with Crippen molar-refractivity contribution in [1.29, 1.82) is 0 Å². The van der Waals surface area contributed by atoms with Crippen LogP contribution in [0.25, 0.3) is 0 Å². The zero-order valence-electron chi connectivity index (χ0n) is 7.17. The van der Waals surface area contributed by atoms with E-state index in [1.165, 1.54) is 0 Å². The Hall–Kier alpha value is -1.16. The van der Waals surface area contributed by atoms with Crippen molar-refractivity contribution >= 4 is 21.6 Å². The van der Waals surface area contributed by atoms with Gasteiger partial charge in [-0.15, -0.1) is 0 Å². The Balaban J connectivity index is 2.50. The maximum Gasteiger partial charge on any atom is 0.179 e. The number of aromatic hydroxyl groups is 1. The number of hydrogen-bond acceptors (Lipinski definition) is 2. The summed E-state index contributed by atoms with van der Waals surface area (Å²) in [6.07, 6.45) is 4.14. The second-order valence-electron chi connectivity index (χ2n) is 2.92. The molecule has 0 saturated heterocycles. The normalized spacial score (nSPS) is 14.6. The SMILES string of the molecule is Oc1c(C2=NC=CC2)ccc(Br)c1F. The smallest absolute Gasteiger partial charge is 0.179 e. The van der Waals surface area contributed by atoms with Gasteiger partial charge in [0.1, 0.15) is 0 Å². The van der Waals surface area contributed by atoms with Crippen molar-refractivity contribution in [3.63, 3.8) is 0 Å². The maximum absolute atomic E-state index is 13.3. The van der Waals surface area contributed by atoms with Crippen molar-refractivity contribution in [3.8, 4) is 5.75 Å². The second-order valence-corrected chi connectivity index (χ2v) is 3.78. The Kier molecular flexibility index (Phi) is 2.37. The maximum atomic E-state index is 13.3. The molecule has 1 aromatic carbocycles. The molecule has 0 unspecified atom stereocenters. The Labute approximate surface area is 88.9 Å². The molecule has 0 aromatic heterocycles. The van der Waals surface area contributed by atoms with Gasteiger partial charge in [-0.25, -0.2) is 4.39 Å². The van der Waals surface area contributed by atoms with Gasteiger partial charge in [-0.1, -0.05) is 6.08 Å². The van der Waals surface area contributed by atoms with E-state index >= 15 is 0 Å². The monoisotopic (exact) mass is 255 g/mol. The summed E-state index contributed by atoms with van der Waals surface area (Å²) < 4.78 is 13.5. The van der Waals surface area contributed by atoms with Gasteiger partial charge in [0.25, 0.3) is 0 Å². The van der Waals surface area contributed by atoms with Crippen LogP contribution in [0.15, 0.2) is 33.9 Å². The number of aliphatic imine (C=N–C) groups is 1. The first kappa shape index (κ1) is 9.40. The van der Waals surface area contributed by atoms with Gasteiger partial charge < -0.3 is 5.11 Å². The Morgan fingerprint density at radius 1 is 1.43 bits per heavy atom. The number of rotatable bonds is 1. The van der Waals surface area contributed by atoms with E-state index in [0.717, 1.165) is 0 Å². The molecule has 0 atom stereocenters. The summed E-state index contributed by atoms with van der Waals surface area (Å²) in [6, 6.07) is 3.21. The lowest BCUT2D eigenvalue weighted by Crippen LogP contribution is -1.98. The molecule has 1 aliphatic heterocycles. The first-order valence-corrected chi connectivity index (χ1v) is 4.88. The molecule has 0 radical (unpaired) electrons. The lowest BCUT2D eigenvalue weighted by Gasteiger charge is -2.05. The van der Waals surface area contributed by atoms with Crippen molar-refractivity contribution in [2.45, 2.75) is 6.42 Å². The molecule has 2 rings (SSSR count). The predicted octanol–water partition coefficient (Wildman–Crippen LogP) is 3.00. The molecule has 72 valence electrons. The summed E-state index contributed by atoms with van der Waals surface area (Å²) in [7, 11) is 0. The Morgan fingerprint density at radius 2 is 2.21 bits per heavy atom. The second kappa shape index (κ2) is 3.53. The number of benzene rings is 1. The van der Waals surface area contributed by atoms with Crippen LogP contribution in [0.4, 0.5) is 4.39 Å². The minimum atomic E-state index is -0.642. The average Bonchev–Trinajstić information content (AvgIpc) is 2.67. The lowest BCUT2D eigenvalue weighted by molar-refractivity contribution is 0.429. The summed E-state index contributed by atoms with van der Waals surface area (Å²) in [5, 5.41) is 9.53. The van der Waals surface area contributed by atoms with Gasteiger partial charge in [-0.05, 0) is 28.1 Å². The molecule has 0 aliphatic carbocycles. The minimum Gasteiger partial charge on any atom is -0.504 e. The van der Waals surface area contributed by atoms with Crippen molar-refractivity contribution < 1.29 is 9.50 Å². The van der Waals surface area contributed by atoms with Crippen LogP contribution in [-0.4, -0.2) is 10.8 Å². The van der Waals surface area contributed by atoms with Crippen LogP contribution < -0.4 is 0 Å². The van der Waals surface area contributed by atoms with Crippen LogP contribution in [0.2, 0.25) is 0 Å². The molecule has 0 bridgehead atoms. The third kappa shape index (κ3) is 1.46. The number of phenolic OH excluding ortho intramolecular Hbond substituents is 1. The molecule has 0 saturated carbocycles. The van der Waals surface area contributed by atoms with Crippen LogP contribution in [-0.2, 0) is 0 Å². The predicted molar refractivity (Wildman–Crippen MR) is 56.1 cm³/mol. The minimum absolute atomic E-state index is 0.255. The van der Waals surface area contributed by atoms with Crippen LogP contribution in [0.5, 0.6) is 5.75 Å². The van der Waals surface area contributed by atoms with Gasteiger partial charge in [0.05, 0.1) is 10.2 Å². The average molecular weight is 256 g/mol. The standard InChI is InChI=1S/C10H7BrFNO/c11-7-4-3-6(10(14)9(7)12)8-2-1-5-13-8/h1,3-5,14H,2H2. The van der Waals surface area contributed by atoms with Crippen molar-refractivity contribution in [2.24, 2.45) is 4.99 Å². The van der Waals surface area contributed by atoms with Crippen LogP contribution in [0, 0.1) is 5.82 Å². The molecule has 1 aromatic rings. The number of halogens is 2. The summed E-state index contributed by atoms with van der Waals surface area (Å²) in [4.78, 5) is 4.03. The molecular formula is C10H7BrFNO. The topological polar surface area (TPSA) is 32.6 Å². The molecule has 2 nitrogen and oxygen atoms in total. The number of allylic oxidation sites excluding steroid dienone is 1. The summed E-state index contributed by atoms with van der Waals surface area (Å²) in [5.41, 5.74) is 1.14. The lowest BCUT2D eigenvalue weighted by atomic mass is 10.1. The summed E-state index contributed by atoms with van der Waals surface area (Å²) >= 11 is 3.00. The highest BCUT2D eigenvalue weighted by Crippen LogP contribution is 2.29. The molecule has 14 heavy (non-hydrogen) atoms. The number of hydrogen-bond donors (Lipinski definition) is 1.